The van der Waals surface area contributed by atoms with Crippen molar-refractivity contribution in [3.05, 3.63) is 120 Å². The summed E-state index contributed by atoms with van der Waals surface area (Å²) in [6.07, 6.45) is 9.17. The van der Waals surface area contributed by atoms with Gasteiger partial charge in [-0.05, 0) is 76.4 Å². The minimum absolute atomic E-state index is 0.0452. The first-order valence-corrected chi connectivity index (χ1v) is 10.8. The van der Waals surface area contributed by atoms with Gasteiger partial charge in [0.2, 0.25) is 0 Å². The Kier molecular flexibility index (Phi) is 6.51. The summed E-state index contributed by atoms with van der Waals surface area (Å²) >= 11 is 0. The van der Waals surface area contributed by atoms with Crippen LogP contribution in [0.3, 0.4) is 0 Å². The van der Waals surface area contributed by atoms with E-state index in [0.717, 1.165) is 40.7 Å². The largest absolute Gasteiger partial charge is 0.264 e. The van der Waals surface area contributed by atoms with Crippen LogP contribution in [0.15, 0.2) is 91.5 Å². The van der Waals surface area contributed by atoms with Gasteiger partial charge in [-0.1, -0.05) is 56.3 Å². The third kappa shape index (κ3) is 5.24. The molecule has 1 atom stereocenters. The summed E-state index contributed by atoms with van der Waals surface area (Å²) in [5, 5.41) is 0. The molecular formula is C28H27FN2. The Hall–Kier alpha value is -3.33. The average molecular weight is 411 g/mol. The van der Waals surface area contributed by atoms with Gasteiger partial charge in [0.05, 0.1) is 0 Å². The minimum Gasteiger partial charge on any atom is -0.264 e. The van der Waals surface area contributed by atoms with Gasteiger partial charge in [0.1, 0.15) is 5.82 Å². The zero-order valence-electron chi connectivity index (χ0n) is 18.0. The Bertz CT molecular complexity index is 1110. The first kappa shape index (κ1) is 20.9. The number of pyridine rings is 2. The number of halogens is 1. The van der Waals surface area contributed by atoms with Crippen LogP contribution in [0.25, 0.3) is 11.1 Å². The van der Waals surface area contributed by atoms with E-state index in [9.17, 15) is 4.39 Å². The quantitative estimate of drug-likeness (QED) is 0.333. The highest BCUT2D eigenvalue weighted by Crippen LogP contribution is 2.36. The van der Waals surface area contributed by atoms with Crippen LogP contribution in [0.1, 0.15) is 42.0 Å². The van der Waals surface area contributed by atoms with Gasteiger partial charge >= 0.3 is 0 Å². The summed E-state index contributed by atoms with van der Waals surface area (Å²) in [7, 11) is 0. The molecule has 1 unspecified atom stereocenters. The van der Waals surface area contributed by atoms with Crippen LogP contribution in [0.5, 0.6) is 0 Å². The van der Waals surface area contributed by atoms with Gasteiger partial charge in [0.15, 0.2) is 0 Å². The van der Waals surface area contributed by atoms with E-state index in [2.05, 4.69) is 60.2 Å². The fourth-order valence-electron chi connectivity index (χ4n) is 4.12. The van der Waals surface area contributed by atoms with Crippen LogP contribution in [-0.2, 0) is 12.8 Å². The first-order chi connectivity index (χ1) is 15.1. The van der Waals surface area contributed by atoms with Crippen LogP contribution in [0, 0.1) is 11.7 Å². The molecule has 0 fully saturated rings. The summed E-state index contributed by atoms with van der Waals surface area (Å²) in [5.74, 6) is 0.421. The van der Waals surface area contributed by atoms with Gasteiger partial charge in [-0.15, -0.1) is 0 Å². The molecule has 0 amide bonds. The summed E-state index contributed by atoms with van der Waals surface area (Å²) in [5.41, 5.74) is 6.59. The lowest BCUT2D eigenvalue weighted by Crippen LogP contribution is -2.08. The van der Waals surface area contributed by atoms with Crippen molar-refractivity contribution in [2.45, 2.75) is 32.6 Å². The zero-order chi connectivity index (χ0) is 21.6. The molecule has 3 heteroatoms. The molecule has 2 aromatic heterocycles. The lowest BCUT2D eigenvalue weighted by Gasteiger charge is -2.22. The highest BCUT2D eigenvalue weighted by Gasteiger charge is 2.20. The molecule has 4 rings (SSSR count). The fraction of sp³-hybridized carbons (Fsp3) is 0.214. The number of benzene rings is 2. The molecular weight excluding hydrogens is 383 g/mol. The van der Waals surface area contributed by atoms with Crippen molar-refractivity contribution in [3.8, 4) is 11.1 Å². The summed E-state index contributed by atoms with van der Waals surface area (Å²) in [6, 6.07) is 21.7. The van der Waals surface area contributed by atoms with Crippen molar-refractivity contribution < 1.29 is 4.39 Å². The molecule has 0 aliphatic rings. The van der Waals surface area contributed by atoms with E-state index in [1.54, 1.807) is 24.5 Å². The molecule has 0 bridgehead atoms. The van der Waals surface area contributed by atoms with Gasteiger partial charge in [-0.3, -0.25) is 9.97 Å². The van der Waals surface area contributed by atoms with Crippen molar-refractivity contribution in [2.24, 2.45) is 5.92 Å². The first-order valence-electron chi connectivity index (χ1n) is 10.8. The lowest BCUT2D eigenvalue weighted by molar-refractivity contribution is 0.626. The van der Waals surface area contributed by atoms with Gasteiger partial charge in [0, 0.05) is 30.7 Å². The zero-order valence-corrected chi connectivity index (χ0v) is 18.0. The van der Waals surface area contributed by atoms with Gasteiger partial charge < -0.3 is 0 Å². The average Bonchev–Trinajstić information content (AvgIpc) is 2.79. The van der Waals surface area contributed by atoms with Crippen molar-refractivity contribution in [1.29, 1.82) is 0 Å². The van der Waals surface area contributed by atoms with E-state index in [4.69, 9.17) is 0 Å². The van der Waals surface area contributed by atoms with Crippen LogP contribution >= 0.6 is 0 Å². The number of aromatic nitrogens is 2. The maximum absolute atomic E-state index is 14.4. The highest BCUT2D eigenvalue weighted by atomic mass is 19.1. The molecule has 156 valence electrons. The predicted octanol–water partition coefficient (Wildman–Crippen LogP) is 6.86. The number of hydrogen-bond donors (Lipinski definition) is 0. The summed E-state index contributed by atoms with van der Waals surface area (Å²) < 4.78 is 14.4. The van der Waals surface area contributed by atoms with Crippen LogP contribution < -0.4 is 0 Å². The monoisotopic (exact) mass is 410 g/mol. The van der Waals surface area contributed by atoms with Gasteiger partial charge in [-0.25, -0.2) is 4.39 Å². The molecule has 2 nitrogen and oxygen atoms in total. The Morgan fingerprint density at radius 2 is 1.52 bits per heavy atom. The normalized spacial score (nSPS) is 12.1. The highest BCUT2D eigenvalue weighted by molar-refractivity contribution is 5.69. The van der Waals surface area contributed by atoms with E-state index >= 15 is 0 Å². The molecule has 0 saturated heterocycles. The van der Waals surface area contributed by atoms with Crippen molar-refractivity contribution in [2.75, 3.05) is 0 Å². The Morgan fingerprint density at radius 1 is 0.774 bits per heavy atom. The smallest absolute Gasteiger partial charge is 0.123 e. The molecule has 0 spiro atoms. The molecule has 0 aliphatic carbocycles. The Balaban J connectivity index is 1.78. The molecule has 4 aromatic rings. The van der Waals surface area contributed by atoms with Crippen LogP contribution in [0.2, 0.25) is 0 Å². The number of nitrogens with zero attached hydrogens (tertiary/aromatic N) is 2. The SMILES string of the molecule is CC(C)Cc1ccc(-c2cc(F)ccc2C(Cc2cccnc2)c2cccnc2)cc1. The number of hydrogen-bond acceptors (Lipinski definition) is 2. The van der Waals surface area contributed by atoms with Crippen molar-refractivity contribution in [1.82, 2.24) is 9.97 Å². The third-order valence-electron chi connectivity index (χ3n) is 5.55. The third-order valence-corrected chi connectivity index (χ3v) is 5.55. The second kappa shape index (κ2) is 9.65. The lowest BCUT2D eigenvalue weighted by atomic mass is 9.82. The topological polar surface area (TPSA) is 25.8 Å². The van der Waals surface area contributed by atoms with Crippen LogP contribution in [-0.4, -0.2) is 9.97 Å². The Labute approximate surface area is 183 Å². The van der Waals surface area contributed by atoms with E-state index in [1.165, 1.54) is 5.56 Å². The maximum Gasteiger partial charge on any atom is 0.123 e. The number of rotatable bonds is 7. The second-order valence-electron chi connectivity index (χ2n) is 8.43. The molecule has 0 saturated carbocycles. The van der Waals surface area contributed by atoms with Gasteiger partial charge in [-0.2, -0.15) is 0 Å². The minimum atomic E-state index is -0.226. The van der Waals surface area contributed by atoms with Gasteiger partial charge in [0.25, 0.3) is 0 Å². The van der Waals surface area contributed by atoms with E-state index < -0.39 is 0 Å². The fourth-order valence-corrected chi connectivity index (χ4v) is 4.12. The molecule has 0 radical (unpaired) electrons. The molecule has 0 aliphatic heterocycles. The Morgan fingerprint density at radius 3 is 2.16 bits per heavy atom. The van der Waals surface area contributed by atoms with Crippen molar-refractivity contribution in [3.63, 3.8) is 0 Å². The van der Waals surface area contributed by atoms with Crippen molar-refractivity contribution >= 4 is 0 Å². The summed E-state index contributed by atoms with van der Waals surface area (Å²) in [4.78, 5) is 8.62. The molecule has 31 heavy (non-hydrogen) atoms. The van der Waals surface area contributed by atoms with E-state index in [1.807, 2.05) is 30.6 Å². The molecule has 0 N–H and O–H groups in total. The predicted molar refractivity (Wildman–Crippen MR) is 124 cm³/mol. The van der Waals surface area contributed by atoms with Crippen LogP contribution in [0.4, 0.5) is 4.39 Å². The van der Waals surface area contributed by atoms with E-state index in [-0.39, 0.29) is 11.7 Å². The maximum atomic E-state index is 14.4. The molecule has 2 heterocycles. The summed E-state index contributed by atoms with van der Waals surface area (Å²) in [6.45, 7) is 4.44. The standard InChI is InChI=1S/C28H27FN2/c1-20(2)15-21-7-9-23(10-8-21)28-17-25(29)11-12-26(28)27(24-6-4-14-31-19-24)16-22-5-3-13-30-18-22/h3-14,17-20,27H,15-16H2,1-2H3. The van der Waals surface area contributed by atoms with E-state index in [0.29, 0.717) is 5.92 Å². The second-order valence-corrected chi connectivity index (χ2v) is 8.43. The molecule has 2 aromatic carbocycles.